The predicted molar refractivity (Wildman–Crippen MR) is 68.8 cm³/mol. The number of thiophene rings is 1. The second-order valence-corrected chi connectivity index (χ2v) is 5.39. The highest BCUT2D eigenvalue weighted by Gasteiger charge is 2.06. The van der Waals surface area contributed by atoms with Crippen molar-refractivity contribution in [3.8, 4) is 9.88 Å². The van der Waals surface area contributed by atoms with E-state index in [0.29, 0.717) is 6.54 Å². The summed E-state index contributed by atoms with van der Waals surface area (Å²) >= 11 is 3.37. The molecule has 1 atom stereocenters. The molecule has 2 rings (SSSR count). The molecule has 0 saturated heterocycles. The third-order valence-electron chi connectivity index (χ3n) is 2.19. The molecular formula is C11H14N2OS2. The number of aromatic nitrogens is 1. The van der Waals surface area contributed by atoms with Gasteiger partial charge in [-0.3, -0.25) is 0 Å². The van der Waals surface area contributed by atoms with Gasteiger partial charge in [-0.05, 0) is 18.4 Å². The molecule has 0 aliphatic heterocycles. The van der Waals surface area contributed by atoms with Gasteiger partial charge in [0.1, 0.15) is 5.01 Å². The smallest absolute Gasteiger partial charge is 0.133 e. The summed E-state index contributed by atoms with van der Waals surface area (Å²) in [6.45, 7) is 2.82. The van der Waals surface area contributed by atoms with Gasteiger partial charge < -0.3 is 10.4 Å². The summed E-state index contributed by atoms with van der Waals surface area (Å²) in [7, 11) is 0. The maximum absolute atomic E-state index is 8.89. The minimum absolute atomic E-state index is 0.117. The van der Waals surface area contributed by atoms with Gasteiger partial charge in [-0.25, -0.2) is 4.98 Å². The standard InChI is InChI=1S/C11H14N2OS2/c1-8(6-14)12-5-9-7-16-11(13-9)10-3-2-4-15-10/h2-4,7-8,12,14H,5-6H2,1H3/t8-/m0/s1. The van der Waals surface area contributed by atoms with Crippen LogP contribution in [0.25, 0.3) is 9.88 Å². The summed E-state index contributed by atoms with van der Waals surface area (Å²) in [6.07, 6.45) is 0. The molecule has 0 saturated carbocycles. The van der Waals surface area contributed by atoms with Gasteiger partial charge in [-0.1, -0.05) is 6.07 Å². The van der Waals surface area contributed by atoms with Crippen molar-refractivity contribution in [2.75, 3.05) is 6.61 Å². The Labute approximate surface area is 103 Å². The first-order valence-corrected chi connectivity index (χ1v) is 6.88. The number of thiazole rings is 1. The van der Waals surface area contributed by atoms with Crippen molar-refractivity contribution in [1.82, 2.24) is 10.3 Å². The molecule has 2 N–H and O–H groups in total. The fourth-order valence-electron chi connectivity index (χ4n) is 1.24. The molecule has 0 aliphatic carbocycles. The third-order valence-corrected chi connectivity index (χ3v) is 4.12. The maximum Gasteiger partial charge on any atom is 0.133 e. The summed E-state index contributed by atoms with van der Waals surface area (Å²) in [5, 5.41) is 17.3. The number of rotatable bonds is 5. The molecule has 0 fully saturated rings. The molecule has 0 unspecified atom stereocenters. The van der Waals surface area contributed by atoms with Crippen molar-refractivity contribution < 1.29 is 5.11 Å². The van der Waals surface area contributed by atoms with Gasteiger partial charge in [-0.2, -0.15) is 0 Å². The molecule has 2 aromatic heterocycles. The summed E-state index contributed by atoms with van der Waals surface area (Å²) in [5.41, 5.74) is 1.04. The Hall–Kier alpha value is -0.750. The van der Waals surface area contributed by atoms with Crippen LogP contribution in [0, 0.1) is 0 Å². The Balaban J connectivity index is 1.98. The van der Waals surface area contributed by atoms with Crippen LogP contribution < -0.4 is 5.32 Å². The quantitative estimate of drug-likeness (QED) is 0.861. The molecule has 0 radical (unpaired) electrons. The molecule has 0 aliphatic rings. The third kappa shape index (κ3) is 2.89. The van der Waals surface area contributed by atoms with Gasteiger partial charge in [0.05, 0.1) is 17.2 Å². The van der Waals surface area contributed by atoms with Crippen molar-refractivity contribution >= 4 is 22.7 Å². The van der Waals surface area contributed by atoms with Gasteiger partial charge in [0.25, 0.3) is 0 Å². The molecule has 2 heterocycles. The topological polar surface area (TPSA) is 45.1 Å². The number of hydrogen-bond donors (Lipinski definition) is 2. The van der Waals surface area contributed by atoms with E-state index in [1.54, 1.807) is 22.7 Å². The van der Waals surface area contributed by atoms with Crippen LogP contribution in [-0.4, -0.2) is 22.7 Å². The Morgan fingerprint density at radius 2 is 2.38 bits per heavy atom. The number of hydrogen-bond acceptors (Lipinski definition) is 5. The van der Waals surface area contributed by atoms with E-state index in [1.165, 1.54) is 4.88 Å². The molecule has 0 aromatic carbocycles. The first-order valence-electron chi connectivity index (χ1n) is 5.12. The predicted octanol–water partition coefficient (Wildman–Crippen LogP) is 2.34. The summed E-state index contributed by atoms with van der Waals surface area (Å²) in [6, 6.07) is 4.23. The highest BCUT2D eigenvalue weighted by molar-refractivity contribution is 7.20. The Bertz CT molecular complexity index is 425. The monoisotopic (exact) mass is 254 g/mol. The van der Waals surface area contributed by atoms with Crippen molar-refractivity contribution in [2.24, 2.45) is 0 Å². The fourth-order valence-corrected chi connectivity index (χ4v) is 2.88. The van der Waals surface area contributed by atoms with E-state index in [-0.39, 0.29) is 12.6 Å². The lowest BCUT2D eigenvalue weighted by Gasteiger charge is -2.08. The average molecular weight is 254 g/mol. The largest absolute Gasteiger partial charge is 0.395 e. The van der Waals surface area contributed by atoms with Crippen LogP contribution >= 0.6 is 22.7 Å². The second kappa shape index (κ2) is 5.54. The average Bonchev–Trinajstić information content (AvgIpc) is 2.95. The molecular weight excluding hydrogens is 240 g/mol. The van der Waals surface area contributed by atoms with Crippen molar-refractivity contribution in [2.45, 2.75) is 19.5 Å². The van der Waals surface area contributed by atoms with Gasteiger partial charge in [0, 0.05) is 18.0 Å². The van der Waals surface area contributed by atoms with Crippen LogP contribution in [0.5, 0.6) is 0 Å². The van der Waals surface area contributed by atoms with Crippen LogP contribution in [0.2, 0.25) is 0 Å². The fraction of sp³-hybridized carbons (Fsp3) is 0.364. The first kappa shape index (κ1) is 11.7. The minimum atomic E-state index is 0.117. The normalized spacial score (nSPS) is 12.9. The lowest BCUT2D eigenvalue weighted by Crippen LogP contribution is -2.28. The van der Waals surface area contributed by atoms with Crippen molar-refractivity contribution in [1.29, 1.82) is 0 Å². The van der Waals surface area contributed by atoms with E-state index in [2.05, 4.69) is 27.1 Å². The SMILES string of the molecule is C[C@@H](CO)NCc1csc(-c2cccs2)n1. The minimum Gasteiger partial charge on any atom is -0.395 e. The van der Waals surface area contributed by atoms with E-state index >= 15 is 0 Å². The van der Waals surface area contributed by atoms with E-state index in [9.17, 15) is 0 Å². The van der Waals surface area contributed by atoms with Crippen molar-refractivity contribution in [3.05, 3.63) is 28.6 Å². The molecule has 0 spiro atoms. The highest BCUT2D eigenvalue weighted by Crippen LogP contribution is 2.27. The van der Waals surface area contributed by atoms with Crippen LogP contribution in [0.15, 0.2) is 22.9 Å². The van der Waals surface area contributed by atoms with Crippen molar-refractivity contribution in [3.63, 3.8) is 0 Å². The Kier molecular flexibility index (Phi) is 4.06. The lowest BCUT2D eigenvalue weighted by atomic mass is 10.3. The molecule has 86 valence electrons. The van der Waals surface area contributed by atoms with E-state index < -0.39 is 0 Å². The Morgan fingerprint density at radius 1 is 1.50 bits per heavy atom. The lowest BCUT2D eigenvalue weighted by molar-refractivity contribution is 0.250. The maximum atomic E-state index is 8.89. The van der Waals surface area contributed by atoms with Crippen LogP contribution in [0.3, 0.4) is 0 Å². The van der Waals surface area contributed by atoms with Crippen LogP contribution in [0.4, 0.5) is 0 Å². The Morgan fingerprint density at radius 3 is 3.06 bits per heavy atom. The van der Waals surface area contributed by atoms with Gasteiger partial charge >= 0.3 is 0 Å². The molecule has 0 bridgehead atoms. The molecule has 5 heteroatoms. The zero-order valence-corrected chi connectivity index (χ0v) is 10.6. The highest BCUT2D eigenvalue weighted by atomic mass is 32.1. The summed E-state index contributed by atoms with van der Waals surface area (Å²) in [5.74, 6) is 0. The van der Waals surface area contributed by atoms with Gasteiger partial charge in [-0.15, -0.1) is 22.7 Å². The number of aliphatic hydroxyl groups is 1. The number of nitrogens with zero attached hydrogens (tertiary/aromatic N) is 1. The van der Waals surface area contributed by atoms with E-state index in [0.717, 1.165) is 10.7 Å². The summed E-state index contributed by atoms with van der Waals surface area (Å²) in [4.78, 5) is 5.76. The number of aliphatic hydroxyl groups excluding tert-OH is 1. The van der Waals surface area contributed by atoms with E-state index in [4.69, 9.17) is 5.11 Å². The zero-order valence-electron chi connectivity index (χ0n) is 9.01. The zero-order chi connectivity index (χ0) is 11.4. The molecule has 3 nitrogen and oxygen atoms in total. The number of nitrogens with one attached hydrogen (secondary N) is 1. The molecule has 0 amide bonds. The summed E-state index contributed by atoms with van der Waals surface area (Å²) < 4.78 is 0. The van der Waals surface area contributed by atoms with Crippen LogP contribution in [0.1, 0.15) is 12.6 Å². The first-order chi connectivity index (χ1) is 7.79. The van der Waals surface area contributed by atoms with Gasteiger partial charge in [0.15, 0.2) is 0 Å². The van der Waals surface area contributed by atoms with Gasteiger partial charge in [0.2, 0.25) is 0 Å². The van der Waals surface area contributed by atoms with E-state index in [1.807, 2.05) is 13.0 Å². The second-order valence-electron chi connectivity index (χ2n) is 3.59. The van der Waals surface area contributed by atoms with Crippen LogP contribution in [-0.2, 0) is 6.54 Å². The molecule has 2 aromatic rings. The molecule has 16 heavy (non-hydrogen) atoms.